The number of aromatic amines is 1. The Morgan fingerprint density at radius 3 is 2.74 bits per heavy atom. The van der Waals surface area contributed by atoms with Crippen molar-refractivity contribution in [1.29, 1.82) is 0 Å². The molecule has 7 heteroatoms. The topological polar surface area (TPSA) is 110 Å². The molecule has 0 fully saturated rings. The number of anilines is 2. The zero-order valence-electron chi connectivity index (χ0n) is 9.79. The van der Waals surface area contributed by atoms with Crippen LogP contribution in [0.15, 0.2) is 36.9 Å². The molecule has 0 spiro atoms. The van der Waals surface area contributed by atoms with Crippen LogP contribution in [-0.4, -0.2) is 26.1 Å². The number of aromatic nitrogens is 4. The minimum Gasteiger partial charge on any atom is -0.364 e. The highest BCUT2D eigenvalue weighted by molar-refractivity contribution is 6.04. The molecule has 0 atom stereocenters. The lowest BCUT2D eigenvalue weighted by molar-refractivity contribution is 0.0997. The van der Waals surface area contributed by atoms with Crippen LogP contribution in [0.2, 0.25) is 0 Å². The van der Waals surface area contributed by atoms with E-state index in [-0.39, 0.29) is 5.69 Å². The monoisotopic (exact) mass is 254 g/mol. The van der Waals surface area contributed by atoms with E-state index in [1.807, 2.05) is 12.1 Å². The Morgan fingerprint density at radius 2 is 2.00 bits per heavy atom. The summed E-state index contributed by atoms with van der Waals surface area (Å²) in [5, 5.41) is 10.5. The molecule has 94 valence electrons. The Kier molecular flexibility index (Phi) is 2.57. The third-order valence-corrected chi connectivity index (χ3v) is 2.65. The highest BCUT2D eigenvalue weighted by atomic mass is 16.1. The van der Waals surface area contributed by atoms with Gasteiger partial charge in [-0.15, -0.1) is 0 Å². The van der Waals surface area contributed by atoms with Gasteiger partial charge in [0.2, 0.25) is 0 Å². The summed E-state index contributed by atoms with van der Waals surface area (Å²) in [4.78, 5) is 19.1. The zero-order chi connectivity index (χ0) is 13.2. The van der Waals surface area contributed by atoms with Gasteiger partial charge < -0.3 is 11.1 Å². The number of nitrogens with two attached hydrogens (primary N) is 1. The summed E-state index contributed by atoms with van der Waals surface area (Å²) in [5.41, 5.74) is 7.80. The third kappa shape index (κ3) is 2.08. The molecule has 1 amide bonds. The Balaban J connectivity index is 2.01. The summed E-state index contributed by atoms with van der Waals surface area (Å²) in [7, 11) is 0. The number of nitrogens with zero attached hydrogens (tertiary/aromatic N) is 3. The first-order valence-corrected chi connectivity index (χ1v) is 5.54. The van der Waals surface area contributed by atoms with Gasteiger partial charge in [0.1, 0.15) is 6.33 Å². The normalized spacial score (nSPS) is 10.5. The van der Waals surface area contributed by atoms with E-state index in [1.165, 1.54) is 6.33 Å². The zero-order valence-corrected chi connectivity index (χ0v) is 9.79. The van der Waals surface area contributed by atoms with Crippen molar-refractivity contribution in [1.82, 2.24) is 20.2 Å². The predicted octanol–water partition coefficient (Wildman–Crippen LogP) is 1.20. The number of H-pyrrole nitrogens is 1. The highest BCUT2D eigenvalue weighted by Crippen LogP contribution is 2.22. The lowest BCUT2D eigenvalue weighted by atomic mass is 10.2. The van der Waals surface area contributed by atoms with E-state index in [4.69, 9.17) is 5.73 Å². The fourth-order valence-corrected chi connectivity index (χ4v) is 1.81. The van der Waals surface area contributed by atoms with Crippen LogP contribution in [-0.2, 0) is 0 Å². The van der Waals surface area contributed by atoms with Gasteiger partial charge in [-0.25, -0.2) is 9.97 Å². The molecule has 3 aromatic rings. The van der Waals surface area contributed by atoms with Crippen molar-refractivity contribution < 1.29 is 4.79 Å². The van der Waals surface area contributed by atoms with Crippen LogP contribution in [0.5, 0.6) is 0 Å². The number of fused-ring (bicyclic) bond motifs is 1. The number of carbonyl (C=O) groups excluding carboxylic acids is 1. The average Bonchev–Trinajstić information content (AvgIpc) is 2.83. The van der Waals surface area contributed by atoms with E-state index in [1.54, 1.807) is 18.5 Å². The van der Waals surface area contributed by atoms with Crippen LogP contribution in [0.3, 0.4) is 0 Å². The van der Waals surface area contributed by atoms with E-state index < -0.39 is 5.91 Å². The predicted molar refractivity (Wildman–Crippen MR) is 69.9 cm³/mol. The Labute approximate surface area is 107 Å². The number of nitrogens with one attached hydrogen (secondary N) is 2. The molecular formula is C12H10N6O. The van der Waals surface area contributed by atoms with Crippen molar-refractivity contribution in [3.05, 3.63) is 42.6 Å². The SMILES string of the molecule is NC(=O)c1n[nH]c2ccc(Nc3cncnc3)cc12. The van der Waals surface area contributed by atoms with E-state index in [0.29, 0.717) is 5.39 Å². The number of rotatable bonds is 3. The van der Waals surface area contributed by atoms with Gasteiger partial charge in [-0.2, -0.15) is 5.10 Å². The molecule has 0 unspecified atom stereocenters. The summed E-state index contributed by atoms with van der Waals surface area (Å²) < 4.78 is 0. The van der Waals surface area contributed by atoms with Crippen molar-refractivity contribution in [2.75, 3.05) is 5.32 Å². The first kappa shape index (κ1) is 11.1. The van der Waals surface area contributed by atoms with Crippen LogP contribution in [0.25, 0.3) is 10.9 Å². The van der Waals surface area contributed by atoms with Gasteiger partial charge in [-0.3, -0.25) is 9.89 Å². The first-order chi connectivity index (χ1) is 9.24. The minimum absolute atomic E-state index is 0.225. The van der Waals surface area contributed by atoms with Crippen LogP contribution in [0.1, 0.15) is 10.5 Å². The smallest absolute Gasteiger partial charge is 0.269 e. The van der Waals surface area contributed by atoms with Gasteiger partial charge in [-0.05, 0) is 18.2 Å². The van der Waals surface area contributed by atoms with Gasteiger partial charge in [0, 0.05) is 11.1 Å². The minimum atomic E-state index is -0.563. The van der Waals surface area contributed by atoms with Crippen LogP contribution < -0.4 is 11.1 Å². The Hall–Kier alpha value is -2.96. The maximum Gasteiger partial charge on any atom is 0.269 e. The van der Waals surface area contributed by atoms with Crippen LogP contribution in [0.4, 0.5) is 11.4 Å². The molecule has 2 heterocycles. The molecule has 3 rings (SSSR count). The number of benzene rings is 1. The number of amides is 1. The van der Waals surface area contributed by atoms with Crippen LogP contribution >= 0.6 is 0 Å². The lowest BCUT2D eigenvalue weighted by Crippen LogP contribution is -2.11. The molecule has 4 N–H and O–H groups in total. The van der Waals surface area contributed by atoms with Crippen molar-refractivity contribution in [2.24, 2.45) is 5.73 Å². The second-order valence-electron chi connectivity index (χ2n) is 3.95. The van der Waals surface area contributed by atoms with Crippen LogP contribution in [0, 0.1) is 0 Å². The molecule has 0 saturated carbocycles. The van der Waals surface area contributed by atoms with E-state index in [0.717, 1.165) is 16.9 Å². The summed E-state index contributed by atoms with van der Waals surface area (Å²) >= 11 is 0. The highest BCUT2D eigenvalue weighted by Gasteiger charge is 2.11. The van der Waals surface area contributed by atoms with E-state index >= 15 is 0 Å². The van der Waals surface area contributed by atoms with Crippen molar-refractivity contribution >= 4 is 28.2 Å². The van der Waals surface area contributed by atoms with E-state index in [2.05, 4.69) is 25.5 Å². The van der Waals surface area contributed by atoms with Crippen molar-refractivity contribution in [3.8, 4) is 0 Å². The second-order valence-corrected chi connectivity index (χ2v) is 3.95. The summed E-state index contributed by atoms with van der Waals surface area (Å²) in [6.45, 7) is 0. The Morgan fingerprint density at radius 1 is 1.21 bits per heavy atom. The molecule has 0 aliphatic carbocycles. The summed E-state index contributed by atoms with van der Waals surface area (Å²) in [6.07, 6.45) is 4.76. The first-order valence-electron chi connectivity index (χ1n) is 5.54. The second kappa shape index (κ2) is 4.37. The fraction of sp³-hybridized carbons (Fsp3) is 0. The maximum atomic E-state index is 11.2. The largest absolute Gasteiger partial charge is 0.364 e. The van der Waals surface area contributed by atoms with Gasteiger partial charge in [0.05, 0.1) is 23.6 Å². The molecule has 1 aromatic carbocycles. The summed E-state index contributed by atoms with van der Waals surface area (Å²) in [5.74, 6) is -0.563. The van der Waals surface area contributed by atoms with Crippen molar-refractivity contribution in [2.45, 2.75) is 0 Å². The molecule has 2 aromatic heterocycles. The van der Waals surface area contributed by atoms with Crippen molar-refractivity contribution in [3.63, 3.8) is 0 Å². The molecule has 19 heavy (non-hydrogen) atoms. The van der Waals surface area contributed by atoms with E-state index in [9.17, 15) is 4.79 Å². The number of primary amides is 1. The molecule has 0 bridgehead atoms. The molecule has 7 nitrogen and oxygen atoms in total. The fourth-order valence-electron chi connectivity index (χ4n) is 1.81. The lowest BCUT2D eigenvalue weighted by Gasteiger charge is -2.05. The third-order valence-electron chi connectivity index (χ3n) is 2.65. The quantitative estimate of drug-likeness (QED) is 0.650. The summed E-state index contributed by atoms with van der Waals surface area (Å²) in [6, 6.07) is 5.48. The van der Waals surface area contributed by atoms with Gasteiger partial charge in [0.25, 0.3) is 5.91 Å². The molecular weight excluding hydrogens is 244 g/mol. The number of hydrogen-bond acceptors (Lipinski definition) is 5. The number of carbonyl (C=O) groups is 1. The number of hydrogen-bond donors (Lipinski definition) is 3. The Bertz CT molecular complexity index is 736. The average molecular weight is 254 g/mol. The molecule has 0 radical (unpaired) electrons. The molecule has 0 saturated heterocycles. The molecule has 0 aliphatic rings. The molecule has 0 aliphatic heterocycles. The standard InChI is InChI=1S/C12H10N6O/c13-12(19)11-9-3-7(1-2-10(9)17-18-11)16-8-4-14-6-15-5-8/h1-6,16H,(H2,13,19)(H,17,18). The van der Waals surface area contributed by atoms with Gasteiger partial charge in [-0.1, -0.05) is 0 Å². The maximum absolute atomic E-state index is 11.2. The van der Waals surface area contributed by atoms with Gasteiger partial charge >= 0.3 is 0 Å². The van der Waals surface area contributed by atoms with Gasteiger partial charge in [0.15, 0.2) is 5.69 Å².